The highest BCUT2D eigenvalue weighted by Crippen LogP contribution is 2.38. The van der Waals surface area contributed by atoms with Crippen molar-refractivity contribution in [3.8, 4) is 0 Å². The molecule has 0 heterocycles. The van der Waals surface area contributed by atoms with E-state index in [0.717, 1.165) is 44.6 Å². The minimum atomic E-state index is -0.646. The number of hydrogen-bond acceptors (Lipinski definition) is 3. The molecule has 3 saturated carbocycles. The molecule has 3 rings (SSSR count). The quantitative estimate of drug-likeness (QED) is 0.780. The van der Waals surface area contributed by atoms with Gasteiger partial charge in [-0.3, -0.25) is 10.1 Å². The van der Waals surface area contributed by atoms with Gasteiger partial charge in [0, 0.05) is 18.1 Å². The molecular weight excluding hydrogens is 228 g/mol. The zero-order valence-electron chi connectivity index (χ0n) is 11.2. The lowest BCUT2D eigenvalue weighted by molar-refractivity contribution is -0.147. The molecule has 0 radical (unpaired) electrons. The summed E-state index contributed by atoms with van der Waals surface area (Å²) < 4.78 is 0. The Kier molecular flexibility index (Phi) is 3.10. The first-order valence-corrected chi connectivity index (χ1v) is 7.34. The Morgan fingerprint density at radius 3 is 2.50 bits per heavy atom. The van der Waals surface area contributed by atoms with E-state index in [1.807, 2.05) is 0 Å². The molecule has 2 atom stereocenters. The van der Waals surface area contributed by atoms with Gasteiger partial charge in [0.15, 0.2) is 0 Å². The number of carbonyl (C=O) groups is 1. The molecule has 0 spiro atoms. The summed E-state index contributed by atoms with van der Waals surface area (Å²) in [4.78, 5) is 14.1. The van der Waals surface area contributed by atoms with Gasteiger partial charge in [-0.05, 0) is 58.4 Å². The lowest BCUT2D eigenvalue weighted by atomic mass is 9.78. The largest absolute Gasteiger partial charge is 0.480 e. The normalized spacial score (nSPS) is 36.9. The van der Waals surface area contributed by atoms with Gasteiger partial charge in [0.1, 0.15) is 5.54 Å². The van der Waals surface area contributed by atoms with Crippen molar-refractivity contribution >= 4 is 5.97 Å². The molecule has 3 aliphatic carbocycles. The third-order valence-electron chi connectivity index (χ3n) is 4.89. The maximum Gasteiger partial charge on any atom is 0.323 e. The summed E-state index contributed by atoms with van der Waals surface area (Å²) in [5.74, 6) is -0.636. The van der Waals surface area contributed by atoms with E-state index in [1.165, 1.54) is 12.8 Å². The van der Waals surface area contributed by atoms with Crippen LogP contribution in [-0.2, 0) is 4.79 Å². The van der Waals surface area contributed by atoms with Crippen molar-refractivity contribution < 1.29 is 9.90 Å². The lowest BCUT2D eigenvalue weighted by Gasteiger charge is -2.42. The Hall–Kier alpha value is -0.610. The van der Waals surface area contributed by atoms with E-state index in [4.69, 9.17) is 0 Å². The predicted molar refractivity (Wildman–Crippen MR) is 69.6 cm³/mol. The van der Waals surface area contributed by atoms with Crippen LogP contribution in [0.15, 0.2) is 0 Å². The van der Waals surface area contributed by atoms with Crippen LogP contribution in [0.4, 0.5) is 0 Å². The zero-order valence-corrected chi connectivity index (χ0v) is 11.2. The van der Waals surface area contributed by atoms with Crippen LogP contribution in [0, 0.1) is 0 Å². The van der Waals surface area contributed by atoms with Crippen molar-refractivity contribution in [3.05, 3.63) is 0 Å². The van der Waals surface area contributed by atoms with E-state index < -0.39 is 11.5 Å². The molecule has 102 valence electrons. The first-order chi connectivity index (χ1) is 8.61. The molecule has 2 unspecified atom stereocenters. The maximum absolute atomic E-state index is 11.7. The first kappa shape index (κ1) is 12.4. The molecule has 4 heteroatoms. The molecule has 0 saturated heterocycles. The number of carboxylic acids is 1. The standard InChI is InChI=1S/C14H24N2O2/c1-16(11-6-7-11)12-3-2-8-14(9-12,13(17)18)15-10-4-5-10/h10-12,15H,2-9H2,1H3,(H,17,18). The number of rotatable bonds is 5. The van der Waals surface area contributed by atoms with Crippen LogP contribution in [0.25, 0.3) is 0 Å². The maximum atomic E-state index is 11.7. The highest BCUT2D eigenvalue weighted by Gasteiger charge is 2.47. The molecule has 0 bridgehead atoms. The monoisotopic (exact) mass is 252 g/mol. The van der Waals surface area contributed by atoms with Gasteiger partial charge in [-0.25, -0.2) is 0 Å². The summed E-state index contributed by atoms with van der Waals surface area (Å²) in [6.07, 6.45) is 8.67. The number of aliphatic carboxylic acids is 1. The van der Waals surface area contributed by atoms with Crippen molar-refractivity contribution in [1.29, 1.82) is 0 Å². The van der Waals surface area contributed by atoms with Crippen molar-refractivity contribution in [1.82, 2.24) is 10.2 Å². The van der Waals surface area contributed by atoms with E-state index in [2.05, 4.69) is 17.3 Å². The zero-order chi connectivity index (χ0) is 12.8. The van der Waals surface area contributed by atoms with E-state index in [0.29, 0.717) is 12.1 Å². The van der Waals surface area contributed by atoms with Crippen LogP contribution in [-0.4, -0.2) is 46.7 Å². The third-order valence-corrected chi connectivity index (χ3v) is 4.89. The van der Waals surface area contributed by atoms with E-state index in [-0.39, 0.29) is 0 Å². The first-order valence-electron chi connectivity index (χ1n) is 7.34. The number of nitrogens with one attached hydrogen (secondary N) is 1. The average molecular weight is 252 g/mol. The van der Waals surface area contributed by atoms with Gasteiger partial charge in [-0.2, -0.15) is 0 Å². The third kappa shape index (κ3) is 2.41. The number of nitrogens with zero attached hydrogens (tertiary/aromatic N) is 1. The van der Waals surface area contributed by atoms with Gasteiger partial charge in [0.25, 0.3) is 0 Å². The van der Waals surface area contributed by atoms with Crippen LogP contribution in [0.5, 0.6) is 0 Å². The van der Waals surface area contributed by atoms with E-state index in [1.54, 1.807) is 0 Å². The summed E-state index contributed by atoms with van der Waals surface area (Å²) in [5.41, 5.74) is -0.646. The fourth-order valence-corrected chi connectivity index (χ4v) is 3.38. The fourth-order valence-electron chi connectivity index (χ4n) is 3.38. The number of carboxylic acid groups (broad SMARTS) is 1. The molecule has 3 fully saturated rings. The summed E-state index contributed by atoms with van der Waals surface area (Å²) in [6, 6.07) is 1.64. The molecule has 0 aliphatic heterocycles. The van der Waals surface area contributed by atoms with Crippen LogP contribution in [0.3, 0.4) is 0 Å². The van der Waals surface area contributed by atoms with E-state index in [9.17, 15) is 9.90 Å². The predicted octanol–water partition coefficient (Wildman–Crippen LogP) is 1.60. The Labute approximate surface area is 109 Å². The van der Waals surface area contributed by atoms with Crippen molar-refractivity contribution in [2.45, 2.75) is 75.0 Å². The minimum absolute atomic E-state index is 0.452. The Bertz CT molecular complexity index is 339. The summed E-state index contributed by atoms with van der Waals surface area (Å²) in [5, 5.41) is 13.1. The SMILES string of the molecule is CN(C1CC1)C1CCCC(NC2CC2)(C(=O)O)C1. The Morgan fingerprint density at radius 1 is 1.22 bits per heavy atom. The topological polar surface area (TPSA) is 52.6 Å². The van der Waals surface area contributed by atoms with Crippen molar-refractivity contribution in [2.24, 2.45) is 0 Å². The van der Waals surface area contributed by atoms with Crippen molar-refractivity contribution in [2.75, 3.05) is 7.05 Å². The average Bonchev–Trinajstić information content (AvgIpc) is 3.21. The summed E-state index contributed by atoms with van der Waals surface area (Å²) in [7, 11) is 2.18. The smallest absolute Gasteiger partial charge is 0.323 e. The van der Waals surface area contributed by atoms with Crippen LogP contribution in [0.1, 0.15) is 51.4 Å². The highest BCUT2D eigenvalue weighted by atomic mass is 16.4. The van der Waals surface area contributed by atoms with Crippen LogP contribution >= 0.6 is 0 Å². The summed E-state index contributed by atoms with van der Waals surface area (Å²) >= 11 is 0. The molecule has 0 amide bonds. The Balaban J connectivity index is 1.70. The number of hydrogen-bond donors (Lipinski definition) is 2. The van der Waals surface area contributed by atoms with E-state index >= 15 is 0 Å². The molecule has 4 nitrogen and oxygen atoms in total. The molecule has 0 aromatic rings. The second-order valence-corrected chi connectivity index (χ2v) is 6.45. The van der Waals surface area contributed by atoms with Crippen LogP contribution in [0.2, 0.25) is 0 Å². The molecular formula is C14H24N2O2. The fraction of sp³-hybridized carbons (Fsp3) is 0.929. The van der Waals surface area contributed by atoms with Gasteiger partial charge in [-0.15, -0.1) is 0 Å². The minimum Gasteiger partial charge on any atom is -0.480 e. The molecule has 2 N–H and O–H groups in total. The molecule has 0 aromatic heterocycles. The van der Waals surface area contributed by atoms with Gasteiger partial charge in [0.2, 0.25) is 0 Å². The van der Waals surface area contributed by atoms with Gasteiger partial charge in [0.05, 0.1) is 0 Å². The molecule has 3 aliphatic rings. The second-order valence-electron chi connectivity index (χ2n) is 6.45. The second kappa shape index (κ2) is 4.49. The van der Waals surface area contributed by atoms with Crippen LogP contribution < -0.4 is 5.32 Å². The van der Waals surface area contributed by atoms with Gasteiger partial charge < -0.3 is 10.0 Å². The van der Waals surface area contributed by atoms with Crippen molar-refractivity contribution in [3.63, 3.8) is 0 Å². The molecule has 0 aromatic carbocycles. The highest BCUT2D eigenvalue weighted by molar-refractivity contribution is 5.79. The van der Waals surface area contributed by atoms with Gasteiger partial charge in [-0.1, -0.05) is 0 Å². The Morgan fingerprint density at radius 2 is 1.94 bits per heavy atom. The summed E-state index contributed by atoms with van der Waals surface area (Å²) in [6.45, 7) is 0. The lowest BCUT2D eigenvalue weighted by Crippen LogP contribution is -2.58. The van der Waals surface area contributed by atoms with Gasteiger partial charge >= 0.3 is 5.97 Å². The molecule has 18 heavy (non-hydrogen) atoms.